The molecule has 0 aromatic carbocycles. The van der Waals surface area contributed by atoms with Gasteiger partial charge in [0.1, 0.15) is 6.54 Å². The van der Waals surface area contributed by atoms with Crippen LogP contribution in [0.1, 0.15) is 25.7 Å². The Hall–Kier alpha value is -2.18. The highest BCUT2D eigenvalue weighted by molar-refractivity contribution is 6.07. The maximum atomic E-state index is 12.2. The standard InChI is InChI=1S/C15H18N2O5/c18-12(16-9-5-6-9)8-22-13(19)7-17-14(20)10-3-1-2-4-11(10)15(17)21/h1-2,9-11H,3-8H2,(H,16,18)/t10-,11+. The summed E-state index contributed by atoms with van der Waals surface area (Å²) >= 11 is 0. The molecule has 0 bridgehead atoms. The molecule has 2 atom stereocenters. The fourth-order valence-electron chi connectivity index (χ4n) is 2.84. The van der Waals surface area contributed by atoms with Gasteiger partial charge in [-0.3, -0.25) is 24.1 Å². The number of fused-ring (bicyclic) bond motifs is 1. The number of imide groups is 1. The SMILES string of the molecule is O=C(COC(=O)CN1C(=O)[C@H]2CC=CC[C@H]2C1=O)NC1CC1. The van der Waals surface area contributed by atoms with Gasteiger partial charge in [0.05, 0.1) is 11.8 Å². The molecule has 3 amide bonds. The minimum Gasteiger partial charge on any atom is -0.454 e. The molecule has 2 fully saturated rings. The van der Waals surface area contributed by atoms with Crippen LogP contribution in [0.2, 0.25) is 0 Å². The van der Waals surface area contributed by atoms with Crippen LogP contribution >= 0.6 is 0 Å². The zero-order chi connectivity index (χ0) is 15.7. The maximum Gasteiger partial charge on any atom is 0.326 e. The molecule has 1 heterocycles. The first-order valence-electron chi connectivity index (χ1n) is 7.51. The summed E-state index contributed by atoms with van der Waals surface area (Å²) in [6.07, 6.45) is 6.74. The molecule has 1 aliphatic heterocycles. The van der Waals surface area contributed by atoms with Gasteiger partial charge in [-0.15, -0.1) is 0 Å². The first-order chi connectivity index (χ1) is 10.6. The second-order valence-electron chi connectivity index (χ2n) is 5.92. The number of allylic oxidation sites excluding steroid dienone is 2. The van der Waals surface area contributed by atoms with Crippen LogP contribution in [0.3, 0.4) is 0 Å². The Morgan fingerprint density at radius 1 is 1.14 bits per heavy atom. The van der Waals surface area contributed by atoms with Crippen molar-refractivity contribution in [1.82, 2.24) is 10.2 Å². The van der Waals surface area contributed by atoms with Crippen molar-refractivity contribution in [3.05, 3.63) is 12.2 Å². The fourth-order valence-corrected chi connectivity index (χ4v) is 2.84. The summed E-state index contributed by atoms with van der Waals surface area (Å²) in [5, 5.41) is 2.69. The number of hydrogen-bond donors (Lipinski definition) is 1. The van der Waals surface area contributed by atoms with Crippen LogP contribution in [0.5, 0.6) is 0 Å². The molecule has 22 heavy (non-hydrogen) atoms. The van der Waals surface area contributed by atoms with E-state index < -0.39 is 12.5 Å². The first kappa shape index (κ1) is 14.7. The number of rotatable bonds is 5. The minimum absolute atomic E-state index is 0.198. The Labute approximate surface area is 127 Å². The molecule has 0 aromatic rings. The lowest BCUT2D eigenvalue weighted by Gasteiger charge is -2.14. The largest absolute Gasteiger partial charge is 0.454 e. The van der Waals surface area contributed by atoms with E-state index in [4.69, 9.17) is 4.74 Å². The van der Waals surface area contributed by atoms with E-state index in [0.29, 0.717) is 12.8 Å². The predicted octanol–water partition coefficient (Wildman–Crippen LogP) is -0.241. The van der Waals surface area contributed by atoms with E-state index in [2.05, 4.69) is 5.32 Å². The number of ether oxygens (including phenoxy) is 1. The zero-order valence-corrected chi connectivity index (χ0v) is 12.1. The number of likely N-dealkylation sites (tertiary alicyclic amines) is 1. The topological polar surface area (TPSA) is 92.8 Å². The fraction of sp³-hybridized carbons (Fsp3) is 0.600. The van der Waals surface area contributed by atoms with Crippen molar-refractivity contribution < 1.29 is 23.9 Å². The number of nitrogens with one attached hydrogen (secondary N) is 1. The minimum atomic E-state index is -0.737. The number of carbonyl (C=O) groups excluding carboxylic acids is 4. The van der Waals surface area contributed by atoms with E-state index in [-0.39, 0.29) is 42.2 Å². The quantitative estimate of drug-likeness (QED) is 0.430. The molecule has 0 aromatic heterocycles. The second kappa shape index (κ2) is 5.90. The van der Waals surface area contributed by atoms with E-state index in [0.717, 1.165) is 17.7 Å². The average Bonchev–Trinajstić information content (AvgIpc) is 3.29. The zero-order valence-electron chi connectivity index (χ0n) is 12.1. The van der Waals surface area contributed by atoms with Gasteiger partial charge in [-0.2, -0.15) is 0 Å². The van der Waals surface area contributed by atoms with Gasteiger partial charge in [-0.25, -0.2) is 0 Å². The lowest BCUT2D eigenvalue weighted by Crippen LogP contribution is -2.38. The predicted molar refractivity (Wildman–Crippen MR) is 74.2 cm³/mol. The van der Waals surface area contributed by atoms with Crippen molar-refractivity contribution in [3.8, 4) is 0 Å². The molecular formula is C15H18N2O5. The smallest absolute Gasteiger partial charge is 0.326 e. The highest BCUT2D eigenvalue weighted by Gasteiger charge is 2.47. The summed E-state index contributed by atoms with van der Waals surface area (Å²) in [4.78, 5) is 48.4. The van der Waals surface area contributed by atoms with Crippen LogP contribution in [0.25, 0.3) is 0 Å². The van der Waals surface area contributed by atoms with Crippen molar-refractivity contribution in [3.63, 3.8) is 0 Å². The van der Waals surface area contributed by atoms with Crippen molar-refractivity contribution in [2.24, 2.45) is 11.8 Å². The molecule has 1 saturated heterocycles. The third-order valence-electron chi connectivity index (χ3n) is 4.19. The number of nitrogens with zero attached hydrogens (tertiary/aromatic N) is 1. The molecule has 7 nitrogen and oxygen atoms in total. The Kier molecular flexibility index (Phi) is 3.96. The molecular weight excluding hydrogens is 288 g/mol. The Morgan fingerprint density at radius 2 is 1.73 bits per heavy atom. The second-order valence-corrected chi connectivity index (χ2v) is 5.92. The number of carbonyl (C=O) groups is 4. The molecule has 0 unspecified atom stereocenters. The molecule has 3 rings (SSSR count). The van der Waals surface area contributed by atoms with E-state index in [9.17, 15) is 19.2 Å². The summed E-state index contributed by atoms with van der Waals surface area (Å²) in [5.74, 6) is -2.45. The van der Waals surface area contributed by atoms with Gasteiger partial charge in [0.15, 0.2) is 6.61 Å². The molecule has 0 radical (unpaired) electrons. The van der Waals surface area contributed by atoms with Crippen molar-refractivity contribution in [2.45, 2.75) is 31.7 Å². The monoisotopic (exact) mass is 306 g/mol. The van der Waals surface area contributed by atoms with Gasteiger partial charge >= 0.3 is 5.97 Å². The molecule has 7 heteroatoms. The summed E-state index contributed by atoms with van der Waals surface area (Å²) < 4.78 is 4.83. The maximum absolute atomic E-state index is 12.2. The first-order valence-corrected chi connectivity index (χ1v) is 7.51. The van der Waals surface area contributed by atoms with Crippen LogP contribution in [-0.2, 0) is 23.9 Å². The van der Waals surface area contributed by atoms with Crippen LogP contribution in [-0.4, -0.2) is 47.8 Å². The van der Waals surface area contributed by atoms with Crippen LogP contribution in [0.15, 0.2) is 12.2 Å². The van der Waals surface area contributed by atoms with Crippen molar-refractivity contribution in [1.29, 1.82) is 0 Å². The third kappa shape index (κ3) is 3.03. The average molecular weight is 306 g/mol. The highest BCUT2D eigenvalue weighted by atomic mass is 16.5. The van der Waals surface area contributed by atoms with Gasteiger partial charge in [-0.1, -0.05) is 12.2 Å². The number of esters is 1. The van der Waals surface area contributed by atoms with Gasteiger partial charge in [0.25, 0.3) is 5.91 Å². The summed E-state index contributed by atoms with van der Waals surface area (Å²) in [6.45, 7) is -0.790. The lowest BCUT2D eigenvalue weighted by atomic mass is 9.85. The Bertz CT molecular complexity index is 526. The molecule has 1 saturated carbocycles. The highest BCUT2D eigenvalue weighted by Crippen LogP contribution is 2.34. The van der Waals surface area contributed by atoms with Crippen LogP contribution in [0, 0.1) is 11.8 Å². The summed E-state index contributed by atoms with van der Waals surface area (Å²) in [7, 11) is 0. The summed E-state index contributed by atoms with van der Waals surface area (Å²) in [6, 6.07) is 0.198. The lowest BCUT2D eigenvalue weighted by molar-refractivity contribution is -0.154. The van der Waals surface area contributed by atoms with Crippen molar-refractivity contribution in [2.75, 3.05) is 13.2 Å². The van der Waals surface area contributed by atoms with Gasteiger partial charge < -0.3 is 10.1 Å². The number of hydrogen-bond acceptors (Lipinski definition) is 5. The van der Waals surface area contributed by atoms with E-state index in [1.165, 1.54) is 0 Å². The molecule has 118 valence electrons. The van der Waals surface area contributed by atoms with Crippen LogP contribution < -0.4 is 5.32 Å². The van der Waals surface area contributed by atoms with Gasteiger partial charge in [0.2, 0.25) is 11.8 Å². The number of amides is 3. The van der Waals surface area contributed by atoms with Crippen LogP contribution in [0.4, 0.5) is 0 Å². The molecule has 0 spiro atoms. The molecule has 2 aliphatic carbocycles. The van der Waals surface area contributed by atoms with E-state index >= 15 is 0 Å². The van der Waals surface area contributed by atoms with Gasteiger partial charge in [-0.05, 0) is 25.7 Å². The van der Waals surface area contributed by atoms with Gasteiger partial charge in [0, 0.05) is 6.04 Å². The van der Waals surface area contributed by atoms with Crippen molar-refractivity contribution >= 4 is 23.7 Å². The third-order valence-corrected chi connectivity index (χ3v) is 4.19. The molecule has 3 aliphatic rings. The normalized spacial score (nSPS) is 26.8. The van der Waals surface area contributed by atoms with E-state index in [1.54, 1.807) is 0 Å². The van der Waals surface area contributed by atoms with E-state index in [1.807, 2.05) is 12.2 Å². The Morgan fingerprint density at radius 3 is 2.27 bits per heavy atom. The Balaban J connectivity index is 1.49. The summed E-state index contributed by atoms with van der Waals surface area (Å²) in [5.41, 5.74) is 0. The molecule has 1 N–H and O–H groups in total.